The van der Waals surface area contributed by atoms with Gasteiger partial charge < -0.3 is 14.2 Å². The molecule has 0 aliphatic heterocycles. The van der Waals surface area contributed by atoms with Gasteiger partial charge in [-0.25, -0.2) is 0 Å². The number of carbonyl (C=O) groups is 3. The Labute approximate surface area is 391 Å². The summed E-state index contributed by atoms with van der Waals surface area (Å²) in [5, 5.41) is 0. The third-order valence-electron chi connectivity index (χ3n) is 9.62. The van der Waals surface area contributed by atoms with Gasteiger partial charge in [0.2, 0.25) is 0 Å². The van der Waals surface area contributed by atoms with Crippen LogP contribution in [0.5, 0.6) is 0 Å². The minimum Gasteiger partial charge on any atom is -0.462 e. The highest BCUT2D eigenvalue weighted by Gasteiger charge is 2.19. The molecule has 0 saturated carbocycles. The molecule has 356 valence electrons. The van der Waals surface area contributed by atoms with Crippen molar-refractivity contribution in [2.24, 2.45) is 0 Å². The summed E-state index contributed by atoms with van der Waals surface area (Å²) in [4.78, 5) is 37.7. The summed E-state index contributed by atoms with van der Waals surface area (Å²) >= 11 is 0. The SMILES string of the molecule is CC/C=C\C/C=C\C/C=C\C/C=C\C/C=C\C/C=C\C/C=C\CCCC(=O)OCC(COC(=O)CCCCCCCCCC)OC(=O)C/C=C\C/C=C\C/C=C\C/C=C\C/C=C\CC. The molecular formula is C58H88O6. The van der Waals surface area contributed by atoms with Gasteiger partial charge >= 0.3 is 17.9 Å². The van der Waals surface area contributed by atoms with Crippen LogP contribution >= 0.6 is 0 Å². The number of unbranched alkanes of at least 4 members (excludes halogenated alkanes) is 8. The highest BCUT2D eigenvalue weighted by Crippen LogP contribution is 2.11. The zero-order valence-electron chi connectivity index (χ0n) is 40.5. The normalized spacial score (nSPS) is 13.4. The molecule has 0 fully saturated rings. The molecule has 0 aromatic carbocycles. The van der Waals surface area contributed by atoms with Gasteiger partial charge in [-0.1, -0.05) is 212 Å². The van der Waals surface area contributed by atoms with E-state index in [4.69, 9.17) is 14.2 Å². The largest absolute Gasteiger partial charge is 0.462 e. The number of ether oxygens (including phenoxy) is 3. The molecule has 0 saturated heterocycles. The van der Waals surface area contributed by atoms with Crippen molar-refractivity contribution in [2.45, 2.75) is 187 Å². The molecule has 0 aliphatic rings. The van der Waals surface area contributed by atoms with Crippen molar-refractivity contribution >= 4 is 17.9 Å². The summed E-state index contributed by atoms with van der Waals surface area (Å²) in [7, 11) is 0. The smallest absolute Gasteiger partial charge is 0.310 e. The summed E-state index contributed by atoms with van der Waals surface area (Å²) in [6.45, 7) is 6.21. The fourth-order valence-corrected chi connectivity index (χ4v) is 5.97. The molecule has 0 rings (SSSR count). The molecule has 0 amide bonds. The number of allylic oxidation sites excluding steroid dienone is 23. The van der Waals surface area contributed by atoms with Gasteiger partial charge in [0, 0.05) is 12.8 Å². The zero-order chi connectivity index (χ0) is 46.5. The molecule has 6 heteroatoms. The van der Waals surface area contributed by atoms with E-state index in [1.165, 1.54) is 32.1 Å². The number of hydrogen-bond donors (Lipinski definition) is 0. The van der Waals surface area contributed by atoms with Crippen molar-refractivity contribution in [3.8, 4) is 0 Å². The third-order valence-corrected chi connectivity index (χ3v) is 9.62. The van der Waals surface area contributed by atoms with Crippen molar-refractivity contribution in [1.82, 2.24) is 0 Å². The van der Waals surface area contributed by atoms with Crippen LogP contribution < -0.4 is 0 Å². The maximum absolute atomic E-state index is 12.7. The Morgan fingerprint density at radius 1 is 0.344 bits per heavy atom. The van der Waals surface area contributed by atoms with Gasteiger partial charge in [-0.3, -0.25) is 14.4 Å². The van der Waals surface area contributed by atoms with E-state index in [2.05, 4.69) is 154 Å². The molecule has 0 aliphatic carbocycles. The average Bonchev–Trinajstić information content (AvgIpc) is 3.29. The van der Waals surface area contributed by atoms with Crippen LogP contribution in [0.2, 0.25) is 0 Å². The molecular weight excluding hydrogens is 793 g/mol. The lowest BCUT2D eigenvalue weighted by atomic mass is 10.1. The summed E-state index contributed by atoms with van der Waals surface area (Å²) in [6, 6.07) is 0. The second kappa shape index (κ2) is 50.9. The molecule has 6 nitrogen and oxygen atoms in total. The van der Waals surface area contributed by atoms with Gasteiger partial charge in [-0.05, 0) is 96.3 Å². The van der Waals surface area contributed by atoms with E-state index in [1.807, 2.05) is 6.08 Å². The van der Waals surface area contributed by atoms with Crippen LogP contribution in [0.4, 0.5) is 0 Å². The van der Waals surface area contributed by atoms with Crippen molar-refractivity contribution in [3.63, 3.8) is 0 Å². The molecule has 1 unspecified atom stereocenters. The maximum atomic E-state index is 12.7. The van der Waals surface area contributed by atoms with Crippen molar-refractivity contribution in [1.29, 1.82) is 0 Å². The summed E-state index contributed by atoms with van der Waals surface area (Å²) < 4.78 is 16.5. The summed E-state index contributed by atoms with van der Waals surface area (Å²) in [5.74, 6) is -1.15. The lowest BCUT2D eigenvalue weighted by Gasteiger charge is -2.18. The van der Waals surface area contributed by atoms with E-state index >= 15 is 0 Å². The molecule has 0 aromatic rings. The number of esters is 3. The molecule has 0 aromatic heterocycles. The fraction of sp³-hybridized carbons (Fsp3) is 0.534. The second-order valence-electron chi connectivity index (χ2n) is 15.6. The van der Waals surface area contributed by atoms with Gasteiger partial charge in [-0.15, -0.1) is 0 Å². The molecule has 1 atom stereocenters. The van der Waals surface area contributed by atoms with Crippen molar-refractivity contribution in [2.75, 3.05) is 13.2 Å². The first-order valence-corrected chi connectivity index (χ1v) is 24.8. The van der Waals surface area contributed by atoms with Crippen LogP contribution in [-0.2, 0) is 28.6 Å². The van der Waals surface area contributed by atoms with Gasteiger partial charge in [-0.2, -0.15) is 0 Å². The minimum absolute atomic E-state index is 0.0784. The zero-order valence-corrected chi connectivity index (χ0v) is 40.5. The van der Waals surface area contributed by atoms with Crippen LogP contribution in [0.3, 0.4) is 0 Å². The Morgan fingerprint density at radius 3 is 1.03 bits per heavy atom. The van der Waals surface area contributed by atoms with Crippen LogP contribution in [0.25, 0.3) is 0 Å². The quantitative estimate of drug-likeness (QED) is 0.0263. The second-order valence-corrected chi connectivity index (χ2v) is 15.6. The van der Waals surface area contributed by atoms with Crippen molar-refractivity contribution < 1.29 is 28.6 Å². The van der Waals surface area contributed by atoms with Gasteiger partial charge in [0.05, 0.1) is 6.42 Å². The molecule has 0 bridgehead atoms. The van der Waals surface area contributed by atoms with Gasteiger partial charge in [0.25, 0.3) is 0 Å². The Morgan fingerprint density at radius 2 is 0.656 bits per heavy atom. The Hall–Kier alpha value is -4.71. The first-order chi connectivity index (χ1) is 31.5. The van der Waals surface area contributed by atoms with E-state index in [1.54, 1.807) is 6.08 Å². The topological polar surface area (TPSA) is 78.9 Å². The monoisotopic (exact) mass is 881 g/mol. The molecule has 64 heavy (non-hydrogen) atoms. The molecule has 0 radical (unpaired) electrons. The number of carbonyl (C=O) groups excluding carboxylic acids is 3. The Kier molecular flexibility index (Phi) is 47.2. The van der Waals surface area contributed by atoms with E-state index in [-0.39, 0.29) is 38.0 Å². The summed E-state index contributed by atoms with van der Waals surface area (Å²) in [6.07, 6.45) is 73.0. The van der Waals surface area contributed by atoms with Crippen LogP contribution in [0.1, 0.15) is 181 Å². The predicted molar refractivity (Wildman–Crippen MR) is 274 cm³/mol. The number of rotatable bonds is 42. The first kappa shape index (κ1) is 59.3. The number of hydrogen-bond acceptors (Lipinski definition) is 6. The molecule has 0 N–H and O–H groups in total. The predicted octanol–water partition coefficient (Wildman–Crippen LogP) is 16.5. The van der Waals surface area contributed by atoms with Crippen LogP contribution in [-0.4, -0.2) is 37.2 Å². The van der Waals surface area contributed by atoms with Crippen LogP contribution in [0, 0.1) is 0 Å². The maximum Gasteiger partial charge on any atom is 0.310 e. The highest BCUT2D eigenvalue weighted by atomic mass is 16.6. The average molecular weight is 881 g/mol. The lowest BCUT2D eigenvalue weighted by molar-refractivity contribution is -0.166. The first-order valence-electron chi connectivity index (χ1n) is 24.8. The molecule has 0 heterocycles. The van der Waals surface area contributed by atoms with E-state index in [0.29, 0.717) is 19.3 Å². The van der Waals surface area contributed by atoms with Crippen LogP contribution in [0.15, 0.2) is 146 Å². The molecule has 0 spiro atoms. The van der Waals surface area contributed by atoms with Gasteiger partial charge in [0.1, 0.15) is 13.2 Å². The lowest BCUT2D eigenvalue weighted by Crippen LogP contribution is -2.30. The standard InChI is InChI=1S/C58H88O6/c1-4-7-10-13-16-19-21-23-25-26-27-28-29-30-31-32-34-35-37-39-42-45-48-51-57(60)63-54-55(53-62-56(59)50-47-44-41-18-15-12-9-6-3)64-58(61)52-49-46-43-40-38-36-33-24-22-20-17-14-11-8-5-2/h7-8,10-11,16-17,19-20,23-25,27-28,30-31,33-35,38-40,42,46,49,55H,4-6,9,12-15,18,21-22,26,29,32,36-37,41,43-45,47-48,50-54H2,1-3H3/b10-7-,11-8-,19-16-,20-17-,25-23-,28-27-,31-30-,33-24-,35-34-,40-38-,42-39-,49-46-. The Bertz CT molecular complexity index is 1480. The van der Waals surface area contributed by atoms with E-state index < -0.39 is 12.1 Å². The van der Waals surface area contributed by atoms with E-state index in [0.717, 1.165) is 96.3 Å². The minimum atomic E-state index is -0.858. The third kappa shape index (κ3) is 48.3. The fourth-order valence-electron chi connectivity index (χ4n) is 5.97. The van der Waals surface area contributed by atoms with E-state index in [9.17, 15) is 14.4 Å². The Balaban J connectivity index is 4.53. The van der Waals surface area contributed by atoms with Gasteiger partial charge in [0.15, 0.2) is 6.10 Å². The summed E-state index contributed by atoms with van der Waals surface area (Å²) in [5.41, 5.74) is 0. The highest BCUT2D eigenvalue weighted by molar-refractivity contribution is 5.72. The van der Waals surface area contributed by atoms with Crippen molar-refractivity contribution in [3.05, 3.63) is 146 Å².